The van der Waals surface area contributed by atoms with Gasteiger partial charge in [-0.05, 0) is 60.7 Å². The van der Waals surface area contributed by atoms with Gasteiger partial charge in [0.15, 0.2) is 6.61 Å². The molecule has 0 atom stereocenters. The average molecular weight is 484 g/mol. The third-order valence-corrected chi connectivity index (χ3v) is 5.47. The highest BCUT2D eigenvalue weighted by Crippen LogP contribution is 2.24. The summed E-state index contributed by atoms with van der Waals surface area (Å²) in [6.07, 6.45) is 0. The van der Waals surface area contributed by atoms with Gasteiger partial charge in [0.25, 0.3) is 11.8 Å². The topological polar surface area (TPSA) is 154 Å². The van der Waals surface area contributed by atoms with Crippen LogP contribution in [0.15, 0.2) is 77.7 Å². The number of para-hydroxylation sites is 2. The van der Waals surface area contributed by atoms with E-state index < -0.39 is 28.5 Å². The number of hydrogen-bond acceptors (Lipinski definition) is 7. The molecule has 0 saturated carbocycles. The molecule has 2 amide bonds. The van der Waals surface area contributed by atoms with Crippen LogP contribution in [0.5, 0.6) is 5.75 Å². The molecule has 4 N–H and O–H groups in total. The first-order valence-corrected chi connectivity index (χ1v) is 11.4. The molecule has 0 unspecified atom stereocenters. The molecule has 11 heteroatoms. The van der Waals surface area contributed by atoms with Crippen LogP contribution in [0.4, 0.5) is 11.4 Å². The molecule has 0 aliphatic carbocycles. The second-order valence-electron chi connectivity index (χ2n) is 6.93. The lowest BCUT2D eigenvalue weighted by Crippen LogP contribution is -2.21. The summed E-state index contributed by atoms with van der Waals surface area (Å²) in [5.41, 5.74) is 1.34. The Labute approximate surface area is 195 Å². The number of amides is 2. The molecule has 0 saturated heterocycles. The fourth-order valence-corrected chi connectivity index (χ4v) is 3.35. The minimum absolute atomic E-state index is 0.0608. The fraction of sp³-hybridized carbons (Fsp3) is 0.0870. The van der Waals surface area contributed by atoms with E-state index in [1.54, 1.807) is 24.3 Å². The van der Waals surface area contributed by atoms with Crippen molar-refractivity contribution < 1.29 is 32.3 Å². The van der Waals surface area contributed by atoms with Gasteiger partial charge in [-0.3, -0.25) is 9.59 Å². The Bertz CT molecular complexity index is 1310. The summed E-state index contributed by atoms with van der Waals surface area (Å²) in [4.78, 5) is 36.4. The lowest BCUT2D eigenvalue weighted by atomic mass is 10.2. The Morgan fingerprint density at radius 1 is 0.853 bits per heavy atom. The monoisotopic (exact) mass is 483 g/mol. The van der Waals surface area contributed by atoms with Crippen molar-refractivity contribution in [1.82, 2.24) is 0 Å². The van der Waals surface area contributed by atoms with Crippen molar-refractivity contribution in [3.63, 3.8) is 0 Å². The molecule has 0 aromatic heterocycles. The van der Waals surface area contributed by atoms with E-state index in [4.69, 9.17) is 14.6 Å². The largest absolute Gasteiger partial charge is 0.495 e. The SMILES string of the molecule is COc1ccccc1NC(=O)c1ccc(NC(=O)COC(=O)c2ccc(S(N)(=O)=O)cc2)cc1. The number of benzene rings is 3. The molecule has 3 rings (SSSR count). The lowest BCUT2D eigenvalue weighted by Gasteiger charge is -2.10. The molecule has 0 radical (unpaired) electrons. The highest BCUT2D eigenvalue weighted by Gasteiger charge is 2.14. The number of ether oxygens (including phenoxy) is 2. The average Bonchev–Trinajstić information content (AvgIpc) is 2.83. The van der Waals surface area contributed by atoms with Crippen molar-refractivity contribution in [2.24, 2.45) is 5.14 Å². The molecule has 0 aliphatic rings. The van der Waals surface area contributed by atoms with Crippen LogP contribution >= 0.6 is 0 Å². The number of nitrogens with two attached hydrogens (primary N) is 1. The zero-order valence-electron chi connectivity index (χ0n) is 18.0. The molecule has 0 heterocycles. The quantitative estimate of drug-likeness (QED) is 0.416. The first kappa shape index (κ1) is 24.4. The number of anilines is 2. The number of primary sulfonamides is 1. The summed E-state index contributed by atoms with van der Waals surface area (Å²) in [5.74, 6) is -1.24. The summed E-state index contributed by atoms with van der Waals surface area (Å²) >= 11 is 0. The van der Waals surface area contributed by atoms with Crippen LogP contribution in [0.1, 0.15) is 20.7 Å². The molecule has 0 spiro atoms. The maximum Gasteiger partial charge on any atom is 0.338 e. The Balaban J connectivity index is 1.52. The van der Waals surface area contributed by atoms with Gasteiger partial charge in [-0.25, -0.2) is 18.4 Å². The van der Waals surface area contributed by atoms with E-state index in [2.05, 4.69) is 10.6 Å². The van der Waals surface area contributed by atoms with E-state index in [1.165, 1.54) is 43.5 Å². The highest BCUT2D eigenvalue weighted by molar-refractivity contribution is 7.89. The second-order valence-corrected chi connectivity index (χ2v) is 8.49. The van der Waals surface area contributed by atoms with Crippen LogP contribution in [0.25, 0.3) is 0 Å². The van der Waals surface area contributed by atoms with E-state index in [9.17, 15) is 22.8 Å². The van der Waals surface area contributed by atoms with Gasteiger partial charge in [0, 0.05) is 11.3 Å². The molecule has 0 fully saturated rings. The number of carbonyl (C=O) groups is 3. The highest BCUT2D eigenvalue weighted by atomic mass is 32.2. The van der Waals surface area contributed by atoms with Crippen molar-refractivity contribution in [3.05, 3.63) is 83.9 Å². The van der Waals surface area contributed by atoms with Gasteiger partial charge >= 0.3 is 5.97 Å². The van der Waals surface area contributed by atoms with Gasteiger partial charge < -0.3 is 20.1 Å². The lowest BCUT2D eigenvalue weighted by molar-refractivity contribution is -0.119. The summed E-state index contributed by atoms with van der Waals surface area (Å²) in [5, 5.41) is 10.3. The molecule has 0 aliphatic heterocycles. The summed E-state index contributed by atoms with van der Waals surface area (Å²) in [6, 6.07) is 17.9. The summed E-state index contributed by atoms with van der Waals surface area (Å²) < 4.78 is 32.6. The Kier molecular flexibility index (Phi) is 7.61. The zero-order chi connectivity index (χ0) is 24.7. The number of sulfonamides is 1. The van der Waals surface area contributed by atoms with Crippen LogP contribution in [-0.4, -0.2) is 39.9 Å². The molecule has 3 aromatic carbocycles. The van der Waals surface area contributed by atoms with Crippen LogP contribution in [0.3, 0.4) is 0 Å². The van der Waals surface area contributed by atoms with Gasteiger partial charge in [0.2, 0.25) is 10.0 Å². The molecular weight excluding hydrogens is 462 g/mol. The van der Waals surface area contributed by atoms with E-state index >= 15 is 0 Å². The molecule has 0 bridgehead atoms. The third kappa shape index (κ3) is 6.40. The smallest absolute Gasteiger partial charge is 0.338 e. The van der Waals surface area contributed by atoms with Crippen molar-refractivity contribution in [2.75, 3.05) is 24.4 Å². The van der Waals surface area contributed by atoms with Crippen LogP contribution in [0.2, 0.25) is 0 Å². The van der Waals surface area contributed by atoms with Gasteiger partial charge in [-0.2, -0.15) is 0 Å². The summed E-state index contributed by atoms with van der Waals surface area (Å²) in [6.45, 7) is -0.564. The first-order valence-electron chi connectivity index (χ1n) is 9.81. The maximum absolute atomic E-state index is 12.5. The van der Waals surface area contributed by atoms with E-state index in [0.717, 1.165) is 12.1 Å². The minimum atomic E-state index is -3.88. The number of esters is 1. The number of nitrogens with one attached hydrogen (secondary N) is 2. The van der Waals surface area contributed by atoms with Crippen molar-refractivity contribution in [2.45, 2.75) is 4.90 Å². The van der Waals surface area contributed by atoms with Crippen LogP contribution in [-0.2, 0) is 19.6 Å². The van der Waals surface area contributed by atoms with Gasteiger partial charge in [-0.15, -0.1) is 0 Å². The standard InChI is InChI=1S/C23H21N3O7S/c1-32-20-5-3-2-4-19(20)26-22(28)15-6-10-17(11-7-15)25-21(27)14-33-23(29)16-8-12-18(13-9-16)34(24,30)31/h2-13H,14H2,1H3,(H,25,27)(H,26,28)(H2,24,30,31). The summed E-state index contributed by atoms with van der Waals surface area (Å²) in [7, 11) is -2.38. The Hall–Kier alpha value is -4.22. The molecule has 176 valence electrons. The number of carbonyl (C=O) groups excluding carboxylic acids is 3. The number of hydrogen-bond donors (Lipinski definition) is 3. The van der Waals surface area contributed by atoms with Crippen LogP contribution < -0.4 is 20.5 Å². The first-order chi connectivity index (χ1) is 16.2. The van der Waals surface area contributed by atoms with Gasteiger partial charge in [0.05, 0.1) is 23.3 Å². The minimum Gasteiger partial charge on any atom is -0.495 e. The van der Waals surface area contributed by atoms with E-state index in [-0.39, 0.29) is 16.4 Å². The maximum atomic E-state index is 12.5. The normalized spacial score (nSPS) is 10.8. The predicted octanol–water partition coefficient (Wildman–Crippen LogP) is 2.39. The van der Waals surface area contributed by atoms with Gasteiger partial charge in [-0.1, -0.05) is 12.1 Å². The van der Waals surface area contributed by atoms with Gasteiger partial charge in [0.1, 0.15) is 5.75 Å². The zero-order valence-corrected chi connectivity index (χ0v) is 18.8. The number of methoxy groups -OCH3 is 1. The molecular formula is C23H21N3O7S. The second kappa shape index (κ2) is 10.6. The predicted molar refractivity (Wildman–Crippen MR) is 124 cm³/mol. The molecule has 10 nitrogen and oxygen atoms in total. The van der Waals surface area contributed by atoms with E-state index in [1.807, 2.05) is 0 Å². The van der Waals surface area contributed by atoms with Crippen molar-refractivity contribution >= 4 is 39.2 Å². The third-order valence-electron chi connectivity index (χ3n) is 4.54. The van der Waals surface area contributed by atoms with Crippen molar-refractivity contribution in [1.29, 1.82) is 0 Å². The Morgan fingerprint density at radius 3 is 2.09 bits per heavy atom. The molecule has 34 heavy (non-hydrogen) atoms. The fourth-order valence-electron chi connectivity index (χ4n) is 2.84. The van der Waals surface area contributed by atoms with Crippen molar-refractivity contribution in [3.8, 4) is 5.75 Å². The molecule has 3 aromatic rings. The Morgan fingerprint density at radius 2 is 1.47 bits per heavy atom. The number of rotatable bonds is 8. The van der Waals surface area contributed by atoms with Crippen LogP contribution in [0, 0.1) is 0 Å². The van der Waals surface area contributed by atoms with E-state index in [0.29, 0.717) is 22.7 Å².